The molecule has 0 unspecified atom stereocenters. The molecule has 0 atom stereocenters. The summed E-state index contributed by atoms with van der Waals surface area (Å²) in [5.74, 6) is -1.23. The number of carbonyl (C=O) groups is 1. The van der Waals surface area contributed by atoms with Gasteiger partial charge in [0.05, 0.1) is 0 Å². The highest BCUT2D eigenvalue weighted by Crippen LogP contribution is 2.07. The van der Waals surface area contributed by atoms with E-state index in [1.165, 1.54) is 11.3 Å². The summed E-state index contributed by atoms with van der Waals surface area (Å²) in [6.07, 6.45) is 0. The van der Waals surface area contributed by atoms with Crippen LogP contribution in [-0.4, -0.2) is 22.0 Å². The van der Waals surface area contributed by atoms with E-state index >= 15 is 0 Å². The zero-order chi connectivity index (χ0) is 8.27. The van der Waals surface area contributed by atoms with Crippen LogP contribution >= 0.6 is 11.3 Å². The summed E-state index contributed by atoms with van der Waals surface area (Å²) in [5, 5.41) is 22.7. The Kier molecular flexibility index (Phi) is 2.22. The number of nitrogens with zero attached hydrogens (tertiary/aromatic N) is 1. The molecule has 1 heterocycles. The van der Waals surface area contributed by atoms with Gasteiger partial charge in [0.25, 0.3) is 0 Å². The highest BCUT2D eigenvalue weighted by Gasteiger charge is 2.12. The predicted molar refractivity (Wildman–Crippen MR) is 40.3 cm³/mol. The van der Waals surface area contributed by atoms with Gasteiger partial charge in [0.2, 0.25) is 0 Å². The van der Waals surface area contributed by atoms with Crippen LogP contribution in [0, 0.1) is 0 Å². The van der Waals surface area contributed by atoms with Crippen LogP contribution in [0.3, 0.4) is 0 Å². The summed E-state index contributed by atoms with van der Waals surface area (Å²) in [4.78, 5) is 10.3. The summed E-state index contributed by atoms with van der Waals surface area (Å²) >= 11 is 1.35. The van der Waals surface area contributed by atoms with Crippen molar-refractivity contribution < 1.29 is 15.1 Å². The van der Waals surface area contributed by atoms with Gasteiger partial charge in [0.15, 0.2) is 5.71 Å². The van der Waals surface area contributed by atoms with Gasteiger partial charge in [-0.3, -0.25) is 0 Å². The topological polar surface area (TPSA) is 69.9 Å². The van der Waals surface area contributed by atoms with Gasteiger partial charge in [-0.1, -0.05) is 5.16 Å². The monoisotopic (exact) mass is 171 g/mol. The van der Waals surface area contributed by atoms with Crippen LogP contribution in [0.5, 0.6) is 0 Å². The number of thiophene rings is 1. The van der Waals surface area contributed by atoms with E-state index in [-0.39, 0.29) is 5.71 Å². The SMILES string of the molecule is O=C(O)/C(=N/O)c1ccsc1. The molecule has 0 bridgehead atoms. The van der Waals surface area contributed by atoms with Crippen LogP contribution in [0.1, 0.15) is 5.56 Å². The van der Waals surface area contributed by atoms with Crippen molar-refractivity contribution in [1.29, 1.82) is 0 Å². The van der Waals surface area contributed by atoms with E-state index in [9.17, 15) is 4.79 Å². The van der Waals surface area contributed by atoms with E-state index in [1.807, 2.05) is 0 Å². The van der Waals surface area contributed by atoms with E-state index in [0.29, 0.717) is 5.56 Å². The third kappa shape index (κ3) is 1.56. The normalized spacial score (nSPS) is 11.5. The molecule has 1 aromatic heterocycles. The Bertz CT molecular complexity index is 278. The minimum absolute atomic E-state index is 0.328. The summed E-state index contributed by atoms with van der Waals surface area (Å²) in [5.41, 5.74) is 0.0938. The van der Waals surface area contributed by atoms with Crippen molar-refractivity contribution in [2.45, 2.75) is 0 Å². The molecule has 0 saturated heterocycles. The van der Waals surface area contributed by atoms with Crippen LogP contribution in [0.25, 0.3) is 0 Å². The summed E-state index contributed by atoms with van der Waals surface area (Å²) in [7, 11) is 0. The summed E-state index contributed by atoms with van der Waals surface area (Å²) in [6, 6.07) is 1.58. The molecule has 1 aromatic rings. The van der Waals surface area contributed by atoms with Gasteiger partial charge in [-0.2, -0.15) is 11.3 Å². The van der Waals surface area contributed by atoms with Gasteiger partial charge >= 0.3 is 5.97 Å². The van der Waals surface area contributed by atoms with Gasteiger partial charge < -0.3 is 10.3 Å². The van der Waals surface area contributed by atoms with E-state index in [2.05, 4.69) is 5.16 Å². The molecular formula is C6H5NO3S. The quantitative estimate of drug-likeness (QED) is 0.396. The first-order valence-electron chi connectivity index (χ1n) is 2.73. The number of aliphatic carboxylic acids is 1. The van der Waals surface area contributed by atoms with Gasteiger partial charge in [-0.15, -0.1) is 0 Å². The summed E-state index contributed by atoms with van der Waals surface area (Å²) < 4.78 is 0. The lowest BCUT2D eigenvalue weighted by molar-refractivity contribution is -0.129. The van der Waals surface area contributed by atoms with Crippen molar-refractivity contribution in [1.82, 2.24) is 0 Å². The van der Waals surface area contributed by atoms with E-state index < -0.39 is 5.97 Å². The van der Waals surface area contributed by atoms with Crippen molar-refractivity contribution in [3.05, 3.63) is 22.4 Å². The molecule has 0 amide bonds. The molecule has 11 heavy (non-hydrogen) atoms. The van der Waals surface area contributed by atoms with Crippen molar-refractivity contribution >= 4 is 23.0 Å². The predicted octanol–water partition coefficient (Wildman–Crippen LogP) is 1.01. The van der Waals surface area contributed by atoms with Gasteiger partial charge in [0.1, 0.15) is 0 Å². The Morgan fingerprint density at radius 2 is 2.36 bits per heavy atom. The van der Waals surface area contributed by atoms with Crippen LogP contribution in [0.2, 0.25) is 0 Å². The maximum atomic E-state index is 10.3. The molecule has 0 aromatic carbocycles. The third-order valence-corrected chi connectivity index (χ3v) is 1.78. The Labute approximate surface area is 66.4 Å². The van der Waals surface area contributed by atoms with Crippen molar-refractivity contribution in [3.63, 3.8) is 0 Å². The smallest absolute Gasteiger partial charge is 0.358 e. The summed E-state index contributed by atoms with van der Waals surface area (Å²) in [6.45, 7) is 0. The fourth-order valence-electron chi connectivity index (χ4n) is 0.623. The minimum Gasteiger partial charge on any atom is -0.476 e. The van der Waals surface area contributed by atoms with Crippen LogP contribution in [-0.2, 0) is 4.79 Å². The highest BCUT2D eigenvalue weighted by molar-refractivity contribution is 7.08. The molecule has 0 radical (unpaired) electrons. The maximum Gasteiger partial charge on any atom is 0.358 e. The molecule has 5 heteroatoms. The molecule has 58 valence electrons. The molecule has 0 spiro atoms. The average molecular weight is 171 g/mol. The van der Waals surface area contributed by atoms with E-state index in [0.717, 1.165) is 0 Å². The Hall–Kier alpha value is -1.36. The lowest BCUT2D eigenvalue weighted by atomic mass is 10.2. The van der Waals surface area contributed by atoms with Crippen molar-refractivity contribution in [2.24, 2.45) is 5.16 Å². The fourth-order valence-corrected chi connectivity index (χ4v) is 1.26. The second-order valence-electron chi connectivity index (χ2n) is 1.77. The number of hydrogen-bond donors (Lipinski definition) is 2. The first-order chi connectivity index (χ1) is 5.25. The van der Waals surface area contributed by atoms with Crippen molar-refractivity contribution in [3.8, 4) is 0 Å². The largest absolute Gasteiger partial charge is 0.476 e. The molecule has 0 aliphatic rings. The number of rotatable bonds is 2. The second kappa shape index (κ2) is 3.16. The standard InChI is InChI=1S/C6H5NO3S/c8-6(9)5(7-10)4-1-2-11-3-4/h1-3,10H,(H,8,9)/b7-5+. The van der Waals surface area contributed by atoms with Gasteiger partial charge in [-0.05, 0) is 11.4 Å². The number of carboxylic acid groups (broad SMARTS) is 1. The second-order valence-corrected chi connectivity index (χ2v) is 2.55. The minimum atomic E-state index is -1.23. The van der Waals surface area contributed by atoms with Gasteiger partial charge in [-0.25, -0.2) is 4.79 Å². The Morgan fingerprint density at radius 1 is 1.64 bits per heavy atom. The lowest BCUT2D eigenvalue weighted by Crippen LogP contribution is -2.13. The Morgan fingerprint density at radius 3 is 2.73 bits per heavy atom. The zero-order valence-electron chi connectivity index (χ0n) is 5.39. The molecule has 0 saturated carbocycles. The zero-order valence-corrected chi connectivity index (χ0v) is 6.21. The first kappa shape index (κ1) is 7.74. The number of carboxylic acids is 1. The van der Waals surface area contributed by atoms with Gasteiger partial charge in [0, 0.05) is 10.9 Å². The molecular weight excluding hydrogens is 166 g/mol. The van der Waals surface area contributed by atoms with Crippen LogP contribution < -0.4 is 0 Å². The number of hydrogen-bond acceptors (Lipinski definition) is 4. The third-order valence-electron chi connectivity index (χ3n) is 1.10. The molecule has 4 nitrogen and oxygen atoms in total. The molecule has 1 rings (SSSR count). The van der Waals surface area contributed by atoms with E-state index in [1.54, 1.807) is 16.8 Å². The maximum absolute atomic E-state index is 10.3. The average Bonchev–Trinajstić information content (AvgIpc) is 2.40. The van der Waals surface area contributed by atoms with E-state index in [4.69, 9.17) is 10.3 Å². The highest BCUT2D eigenvalue weighted by atomic mass is 32.1. The Balaban J connectivity index is 2.99. The molecule has 0 aliphatic carbocycles. The van der Waals surface area contributed by atoms with Crippen LogP contribution in [0.4, 0.5) is 0 Å². The van der Waals surface area contributed by atoms with Crippen LogP contribution in [0.15, 0.2) is 22.0 Å². The first-order valence-corrected chi connectivity index (χ1v) is 3.68. The fraction of sp³-hybridized carbons (Fsp3) is 0. The lowest BCUT2D eigenvalue weighted by Gasteiger charge is -1.91. The molecule has 0 aliphatic heterocycles. The molecule has 2 N–H and O–H groups in total. The van der Waals surface area contributed by atoms with Crippen molar-refractivity contribution in [2.75, 3.05) is 0 Å². The molecule has 0 fully saturated rings. The number of oxime groups is 1.